The number of aryl methyl sites for hydroxylation is 2. The van der Waals surface area contributed by atoms with Crippen molar-refractivity contribution in [2.45, 2.75) is 13.8 Å². The normalized spacial score (nSPS) is 10.6. The molecule has 116 valence electrons. The molecule has 3 nitrogen and oxygen atoms in total. The highest BCUT2D eigenvalue weighted by molar-refractivity contribution is 7.13. The van der Waals surface area contributed by atoms with Gasteiger partial charge in [0.15, 0.2) is 5.69 Å². The molecule has 0 amide bonds. The van der Waals surface area contributed by atoms with Gasteiger partial charge < -0.3 is 4.74 Å². The van der Waals surface area contributed by atoms with E-state index in [0.29, 0.717) is 10.8 Å². The van der Waals surface area contributed by atoms with Gasteiger partial charge in [-0.05, 0) is 61.4 Å². The molecule has 3 rings (SSSR count). The van der Waals surface area contributed by atoms with Crippen LogP contribution in [-0.2, 0) is 0 Å². The Kier molecular flexibility index (Phi) is 4.21. The van der Waals surface area contributed by atoms with Crippen molar-refractivity contribution in [3.05, 3.63) is 70.5 Å². The van der Waals surface area contributed by atoms with E-state index in [4.69, 9.17) is 4.74 Å². The first-order valence-corrected chi connectivity index (χ1v) is 7.92. The lowest BCUT2D eigenvalue weighted by molar-refractivity contribution is 0.0729. The van der Waals surface area contributed by atoms with Gasteiger partial charge in [-0.1, -0.05) is 6.07 Å². The standard InChI is InChI=1S/C18H14FNO2S/c1-11-3-8-15(9-12(11)2)22-18(21)16-10-23-17(20-16)13-4-6-14(19)7-5-13/h3-10H,1-2H3. The van der Waals surface area contributed by atoms with Gasteiger partial charge in [-0.25, -0.2) is 14.2 Å². The number of rotatable bonds is 3. The maximum atomic E-state index is 12.9. The summed E-state index contributed by atoms with van der Waals surface area (Å²) in [6, 6.07) is 11.5. The lowest BCUT2D eigenvalue weighted by Crippen LogP contribution is -2.09. The van der Waals surface area contributed by atoms with Gasteiger partial charge in [0.05, 0.1) is 0 Å². The molecule has 0 atom stereocenters. The molecule has 0 saturated carbocycles. The van der Waals surface area contributed by atoms with Crippen LogP contribution < -0.4 is 4.74 Å². The molecule has 0 aliphatic heterocycles. The van der Waals surface area contributed by atoms with Crippen molar-refractivity contribution in [1.29, 1.82) is 0 Å². The molecule has 0 saturated heterocycles. The van der Waals surface area contributed by atoms with E-state index >= 15 is 0 Å². The number of thiazole rings is 1. The van der Waals surface area contributed by atoms with Gasteiger partial charge in [-0.2, -0.15) is 0 Å². The zero-order chi connectivity index (χ0) is 16.4. The van der Waals surface area contributed by atoms with Gasteiger partial charge in [0.1, 0.15) is 16.6 Å². The monoisotopic (exact) mass is 327 g/mol. The Morgan fingerprint density at radius 1 is 1.09 bits per heavy atom. The van der Waals surface area contributed by atoms with Gasteiger partial charge in [-0.3, -0.25) is 0 Å². The Morgan fingerprint density at radius 3 is 2.52 bits per heavy atom. The second-order valence-electron chi connectivity index (χ2n) is 5.18. The van der Waals surface area contributed by atoms with E-state index in [1.807, 2.05) is 26.0 Å². The molecule has 3 aromatic rings. The van der Waals surface area contributed by atoms with E-state index in [2.05, 4.69) is 4.98 Å². The molecule has 0 radical (unpaired) electrons. The second-order valence-corrected chi connectivity index (χ2v) is 6.04. The zero-order valence-corrected chi connectivity index (χ0v) is 13.5. The summed E-state index contributed by atoms with van der Waals surface area (Å²) in [7, 11) is 0. The molecule has 2 aromatic carbocycles. The van der Waals surface area contributed by atoms with Crippen LogP contribution in [0.2, 0.25) is 0 Å². The molecule has 1 heterocycles. The average molecular weight is 327 g/mol. The molecular weight excluding hydrogens is 313 g/mol. The molecule has 0 fully saturated rings. The molecule has 0 N–H and O–H groups in total. The van der Waals surface area contributed by atoms with E-state index in [9.17, 15) is 9.18 Å². The summed E-state index contributed by atoms with van der Waals surface area (Å²) in [5.41, 5.74) is 3.20. The molecule has 5 heteroatoms. The van der Waals surface area contributed by atoms with Crippen molar-refractivity contribution in [2.24, 2.45) is 0 Å². The van der Waals surface area contributed by atoms with Crippen LogP contribution in [0.3, 0.4) is 0 Å². The van der Waals surface area contributed by atoms with E-state index < -0.39 is 5.97 Å². The predicted molar refractivity (Wildman–Crippen MR) is 88.4 cm³/mol. The molecule has 0 aliphatic carbocycles. The number of carbonyl (C=O) groups is 1. The van der Waals surface area contributed by atoms with Crippen LogP contribution in [0.5, 0.6) is 5.75 Å². The first-order chi connectivity index (χ1) is 11.0. The van der Waals surface area contributed by atoms with Gasteiger partial charge >= 0.3 is 5.97 Å². The minimum Gasteiger partial charge on any atom is -0.422 e. The quantitative estimate of drug-likeness (QED) is 0.513. The lowest BCUT2D eigenvalue weighted by Gasteiger charge is -2.05. The van der Waals surface area contributed by atoms with Crippen molar-refractivity contribution in [3.63, 3.8) is 0 Å². The third kappa shape index (κ3) is 3.46. The average Bonchev–Trinajstić information content (AvgIpc) is 3.02. The molecule has 1 aromatic heterocycles. The minimum atomic E-state index is -0.502. The summed E-state index contributed by atoms with van der Waals surface area (Å²) in [4.78, 5) is 16.4. The lowest BCUT2D eigenvalue weighted by atomic mass is 10.1. The van der Waals surface area contributed by atoms with Crippen LogP contribution >= 0.6 is 11.3 Å². The van der Waals surface area contributed by atoms with Gasteiger partial charge in [0.2, 0.25) is 0 Å². The smallest absolute Gasteiger partial charge is 0.363 e. The number of hydrogen-bond acceptors (Lipinski definition) is 4. The van der Waals surface area contributed by atoms with Crippen LogP contribution in [0, 0.1) is 19.7 Å². The van der Waals surface area contributed by atoms with Crippen LogP contribution in [0.25, 0.3) is 10.6 Å². The highest BCUT2D eigenvalue weighted by atomic mass is 32.1. The van der Waals surface area contributed by atoms with E-state index in [0.717, 1.165) is 16.7 Å². The highest BCUT2D eigenvalue weighted by Crippen LogP contribution is 2.25. The highest BCUT2D eigenvalue weighted by Gasteiger charge is 2.14. The molecular formula is C18H14FNO2S. The predicted octanol–water partition coefficient (Wildman–Crippen LogP) is 4.79. The first kappa shape index (κ1) is 15.4. The molecule has 0 bridgehead atoms. The fourth-order valence-electron chi connectivity index (χ4n) is 2.03. The number of halogens is 1. The van der Waals surface area contributed by atoms with Crippen molar-refractivity contribution in [1.82, 2.24) is 4.98 Å². The fraction of sp³-hybridized carbons (Fsp3) is 0.111. The van der Waals surface area contributed by atoms with Gasteiger partial charge in [0, 0.05) is 10.9 Å². The molecule has 0 spiro atoms. The number of hydrogen-bond donors (Lipinski definition) is 0. The third-order valence-electron chi connectivity index (χ3n) is 3.49. The van der Waals surface area contributed by atoms with Crippen molar-refractivity contribution >= 4 is 17.3 Å². The minimum absolute atomic E-state index is 0.243. The topological polar surface area (TPSA) is 39.2 Å². The summed E-state index contributed by atoms with van der Waals surface area (Å²) in [5.74, 6) is -0.313. The van der Waals surface area contributed by atoms with Gasteiger partial charge in [0.25, 0.3) is 0 Å². The summed E-state index contributed by atoms with van der Waals surface area (Å²) < 4.78 is 18.3. The first-order valence-electron chi connectivity index (χ1n) is 7.04. The Balaban J connectivity index is 1.78. The number of esters is 1. The number of carbonyl (C=O) groups excluding carboxylic acids is 1. The van der Waals surface area contributed by atoms with E-state index in [1.54, 1.807) is 23.6 Å². The summed E-state index contributed by atoms with van der Waals surface area (Å²) >= 11 is 1.32. The van der Waals surface area contributed by atoms with Crippen LogP contribution in [-0.4, -0.2) is 11.0 Å². The Hall–Kier alpha value is -2.53. The second kappa shape index (κ2) is 6.30. The number of nitrogens with zero attached hydrogens (tertiary/aromatic N) is 1. The zero-order valence-electron chi connectivity index (χ0n) is 12.7. The van der Waals surface area contributed by atoms with E-state index in [-0.39, 0.29) is 11.5 Å². The summed E-state index contributed by atoms with van der Waals surface area (Å²) in [6.07, 6.45) is 0. The van der Waals surface area contributed by atoms with E-state index in [1.165, 1.54) is 23.5 Å². The van der Waals surface area contributed by atoms with Crippen LogP contribution in [0.4, 0.5) is 4.39 Å². The van der Waals surface area contributed by atoms with Gasteiger partial charge in [-0.15, -0.1) is 11.3 Å². The number of aromatic nitrogens is 1. The Morgan fingerprint density at radius 2 is 1.83 bits per heavy atom. The van der Waals surface area contributed by atoms with Crippen molar-refractivity contribution in [2.75, 3.05) is 0 Å². The summed E-state index contributed by atoms with van der Waals surface area (Å²) in [5, 5.41) is 2.29. The molecule has 0 unspecified atom stereocenters. The van der Waals surface area contributed by atoms with Crippen LogP contribution in [0.1, 0.15) is 21.6 Å². The largest absolute Gasteiger partial charge is 0.422 e. The SMILES string of the molecule is Cc1ccc(OC(=O)c2csc(-c3ccc(F)cc3)n2)cc1C. The Labute approximate surface area is 137 Å². The van der Waals surface area contributed by atoms with Crippen molar-refractivity contribution < 1.29 is 13.9 Å². The number of ether oxygens (including phenoxy) is 1. The molecule has 23 heavy (non-hydrogen) atoms. The summed E-state index contributed by atoms with van der Waals surface area (Å²) in [6.45, 7) is 3.96. The van der Waals surface area contributed by atoms with Crippen LogP contribution in [0.15, 0.2) is 47.8 Å². The third-order valence-corrected chi connectivity index (χ3v) is 4.38. The molecule has 0 aliphatic rings. The maximum Gasteiger partial charge on any atom is 0.363 e. The van der Waals surface area contributed by atoms with Crippen molar-refractivity contribution in [3.8, 4) is 16.3 Å². The Bertz CT molecular complexity index is 856. The maximum absolute atomic E-state index is 12.9. The fourth-order valence-corrected chi connectivity index (χ4v) is 2.82. The number of benzene rings is 2.